The maximum atomic E-state index is 12.1. The molecular formula is C16H16BrNO2S. The van der Waals surface area contributed by atoms with E-state index in [0.717, 1.165) is 20.7 Å². The lowest BCUT2D eigenvalue weighted by Gasteiger charge is -2.09. The molecule has 1 N–H and O–H groups in total. The third kappa shape index (κ3) is 4.79. The monoisotopic (exact) mass is 365 g/mol. The van der Waals surface area contributed by atoms with Gasteiger partial charge in [0.1, 0.15) is 12.4 Å². The smallest absolute Gasteiger partial charge is 0.252 e. The molecule has 0 saturated carbocycles. The molecule has 2 rings (SSSR count). The molecule has 0 fully saturated rings. The largest absolute Gasteiger partial charge is 0.492 e. The molecule has 0 heterocycles. The van der Waals surface area contributed by atoms with Gasteiger partial charge in [0.15, 0.2) is 0 Å². The summed E-state index contributed by atoms with van der Waals surface area (Å²) in [5.74, 6) is 0.661. The second-order valence-corrected chi connectivity index (χ2v) is 5.96. The SMILES string of the molecule is Cc1cccc(OCCNC(=O)c2cc(S)ccc2Br)c1. The van der Waals surface area contributed by atoms with Gasteiger partial charge in [0, 0.05) is 9.37 Å². The lowest BCUT2D eigenvalue weighted by molar-refractivity contribution is 0.0946. The predicted octanol–water partition coefficient (Wildman–Crippen LogP) is 3.86. The van der Waals surface area contributed by atoms with Crippen molar-refractivity contribution >= 4 is 34.5 Å². The second kappa shape index (κ2) is 7.52. The van der Waals surface area contributed by atoms with E-state index in [1.165, 1.54) is 0 Å². The van der Waals surface area contributed by atoms with Crippen LogP contribution in [0.4, 0.5) is 0 Å². The Morgan fingerprint density at radius 2 is 2.10 bits per heavy atom. The van der Waals surface area contributed by atoms with Crippen LogP contribution in [0.5, 0.6) is 5.75 Å². The Bertz CT molecular complexity index is 646. The van der Waals surface area contributed by atoms with Gasteiger partial charge < -0.3 is 10.1 Å². The van der Waals surface area contributed by atoms with Crippen molar-refractivity contribution < 1.29 is 9.53 Å². The average Bonchev–Trinajstić information content (AvgIpc) is 2.46. The third-order valence-corrected chi connectivity index (χ3v) is 3.81. The zero-order valence-electron chi connectivity index (χ0n) is 11.6. The molecule has 0 unspecified atom stereocenters. The Morgan fingerprint density at radius 1 is 1.29 bits per heavy atom. The molecule has 2 aromatic rings. The van der Waals surface area contributed by atoms with Crippen molar-refractivity contribution in [3.63, 3.8) is 0 Å². The van der Waals surface area contributed by atoms with E-state index in [1.807, 2.05) is 37.3 Å². The Hall–Kier alpha value is -1.46. The molecule has 0 radical (unpaired) electrons. The Balaban J connectivity index is 1.83. The Labute approximate surface area is 138 Å². The van der Waals surface area contributed by atoms with Crippen LogP contribution in [0, 0.1) is 6.92 Å². The lowest BCUT2D eigenvalue weighted by atomic mass is 10.2. The molecule has 110 valence electrons. The summed E-state index contributed by atoms with van der Waals surface area (Å²) in [4.78, 5) is 12.8. The standard InChI is InChI=1S/C16H16BrNO2S/c1-11-3-2-4-12(9-11)20-8-7-18-16(19)14-10-13(21)5-6-15(14)17/h2-6,9-10,21H,7-8H2,1H3,(H,18,19). The first-order chi connectivity index (χ1) is 10.1. The summed E-state index contributed by atoms with van der Waals surface area (Å²) in [7, 11) is 0. The van der Waals surface area contributed by atoms with E-state index in [0.29, 0.717) is 18.7 Å². The number of amides is 1. The predicted molar refractivity (Wildman–Crippen MR) is 90.4 cm³/mol. The quantitative estimate of drug-likeness (QED) is 0.623. The number of benzene rings is 2. The third-order valence-electron chi connectivity index (χ3n) is 2.84. The molecule has 0 aliphatic carbocycles. The maximum absolute atomic E-state index is 12.1. The van der Waals surface area contributed by atoms with Gasteiger partial charge in [-0.3, -0.25) is 4.79 Å². The number of nitrogens with one attached hydrogen (secondary N) is 1. The van der Waals surface area contributed by atoms with E-state index in [-0.39, 0.29) is 5.91 Å². The molecule has 0 aliphatic rings. The summed E-state index contributed by atoms with van der Waals surface area (Å²) >= 11 is 7.60. The molecule has 2 aromatic carbocycles. The van der Waals surface area contributed by atoms with Crippen LogP contribution in [-0.4, -0.2) is 19.1 Å². The zero-order chi connectivity index (χ0) is 15.2. The van der Waals surface area contributed by atoms with Gasteiger partial charge in [0.2, 0.25) is 0 Å². The van der Waals surface area contributed by atoms with Crippen molar-refractivity contribution in [2.75, 3.05) is 13.2 Å². The molecular weight excluding hydrogens is 350 g/mol. The van der Waals surface area contributed by atoms with Gasteiger partial charge in [-0.05, 0) is 58.7 Å². The van der Waals surface area contributed by atoms with Gasteiger partial charge in [-0.25, -0.2) is 0 Å². The van der Waals surface area contributed by atoms with E-state index in [9.17, 15) is 4.79 Å². The zero-order valence-corrected chi connectivity index (χ0v) is 14.1. The molecule has 0 saturated heterocycles. The van der Waals surface area contributed by atoms with Crippen molar-refractivity contribution in [3.05, 3.63) is 58.1 Å². The molecule has 3 nitrogen and oxygen atoms in total. The molecule has 0 spiro atoms. The number of carbonyl (C=O) groups excluding carboxylic acids is 1. The average molecular weight is 366 g/mol. The van der Waals surface area contributed by atoms with Gasteiger partial charge in [-0.15, -0.1) is 12.6 Å². The first kappa shape index (κ1) is 15.9. The number of rotatable bonds is 5. The highest BCUT2D eigenvalue weighted by atomic mass is 79.9. The fourth-order valence-electron chi connectivity index (χ4n) is 1.82. The number of carbonyl (C=O) groups is 1. The highest BCUT2D eigenvalue weighted by Gasteiger charge is 2.09. The van der Waals surface area contributed by atoms with Crippen molar-refractivity contribution in [1.82, 2.24) is 5.32 Å². The van der Waals surface area contributed by atoms with Gasteiger partial charge in [-0.1, -0.05) is 12.1 Å². The first-order valence-corrected chi connectivity index (χ1v) is 7.76. The Kier molecular flexibility index (Phi) is 5.70. The minimum absolute atomic E-state index is 0.148. The molecule has 1 amide bonds. The molecule has 5 heteroatoms. The fraction of sp³-hybridized carbons (Fsp3) is 0.188. The summed E-state index contributed by atoms with van der Waals surface area (Å²) in [5, 5.41) is 2.82. The van der Waals surface area contributed by atoms with Crippen molar-refractivity contribution in [1.29, 1.82) is 0 Å². The molecule has 21 heavy (non-hydrogen) atoms. The van der Waals surface area contributed by atoms with E-state index in [4.69, 9.17) is 4.74 Å². The molecule has 0 atom stereocenters. The number of halogens is 1. The van der Waals surface area contributed by atoms with Gasteiger partial charge in [-0.2, -0.15) is 0 Å². The highest BCUT2D eigenvalue weighted by molar-refractivity contribution is 9.10. The van der Waals surface area contributed by atoms with E-state index in [1.54, 1.807) is 12.1 Å². The summed E-state index contributed by atoms with van der Waals surface area (Å²) in [6.45, 7) is 2.88. The highest BCUT2D eigenvalue weighted by Crippen LogP contribution is 2.20. The summed E-state index contributed by atoms with van der Waals surface area (Å²) < 4.78 is 6.33. The van der Waals surface area contributed by atoms with E-state index >= 15 is 0 Å². The number of hydrogen-bond donors (Lipinski definition) is 2. The van der Waals surface area contributed by atoms with Gasteiger partial charge in [0.05, 0.1) is 12.1 Å². The van der Waals surface area contributed by atoms with Crippen molar-refractivity contribution in [2.45, 2.75) is 11.8 Å². The van der Waals surface area contributed by atoms with Crippen molar-refractivity contribution in [3.8, 4) is 5.75 Å². The maximum Gasteiger partial charge on any atom is 0.252 e. The van der Waals surface area contributed by atoms with E-state index < -0.39 is 0 Å². The topological polar surface area (TPSA) is 38.3 Å². The minimum atomic E-state index is -0.148. The normalized spacial score (nSPS) is 10.2. The molecule has 0 aliphatic heterocycles. The number of aryl methyl sites for hydroxylation is 1. The minimum Gasteiger partial charge on any atom is -0.492 e. The van der Waals surface area contributed by atoms with Crippen LogP contribution < -0.4 is 10.1 Å². The second-order valence-electron chi connectivity index (χ2n) is 4.59. The fourth-order valence-corrected chi connectivity index (χ4v) is 2.45. The van der Waals surface area contributed by atoms with Crippen LogP contribution in [0.15, 0.2) is 51.8 Å². The van der Waals surface area contributed by atoms with Gasteiger partial charge in [0.25, 0.3) is 5.91 Å². The van der Waals surface area contributed by atoms with Crippen molar-refractivity contribution in [2.24, 2.45) is 0 Å². The van der Waals surface area contributed by atoms with Crippen LogP contribution in [0.1, 0.15) is 15.9 Å². The van der Waals surface area contributed by atoms with Crippen LogP contribution in [-0.2, 0) is 0 Å². The van der Waals surface area contributed by atoms with E-state index in [2.05, 4.69) is 33.9 Å². The van der Waals surface area contributed by atoms with Crippen LogP contribution in [0.2, 0.25) is 0 Å². The number of ether oxygens (including phenoxy) is 1. The van der Waals surface area contributed by atoms with Crippen LogP contribution in [0.3, 0.4) is 0 Å². The number of thiol groups is 1. The lowest BCUT2D eigenvalue weighted by Crippen LogP contribution is -2.28. The molecule has 0 aromatic heterocycles. The van der Waals surface area contributed by atoms with Gasteiger partial charge >= 0.3 is 0 Å². The van der Waals surface area contributed by atoms with Crippen LogP contribution >= 0.6 is 28.6 Å². The number of hydrogen-bond acceptors (Lipinski definition) is 3. The Morgan fingerprint density at radius 3 is 2.86 bits per heavy atom. The summed E-state index contributed by atoms with van der Waals surface area (Å²) in [6.07, 6.45) is 0. The first-order valence-electron chi connectivity index (χ1n) is 6.52. The summed E-state index contributed by atoms with van der Waals surface area (Å²) in [5.41, 5.74) is 1.71. The summed E-state index contributed by atoms with van der Waals surface area (Å²) in [6, 6.07) is 13.2. The van der Waals surface area contributed by atoms with Crippen LogP contribution in [0.25, 0.3) is 0 Å². The molecule has 0 bridgehead atoms.